The molecule has 0 saturated carbocycles. The van der Waals surface area contributed by atoms with E-state index >= 15 is 0 Å². The number of nitrogens with one attached hydrogen (secondary N) is 1. The Morgan fingerprint density at radius 3 is 2.79 bits per heavy atom. The molecule has 0 aliphatic carbocycles. The van der Waals surface area contributed by atoms with Gasteiger partial charge in [-0.25, -0.2) is 0 Å². The van der Waals surface area contributed by atoms with Crippen molar-refractivity contribution in [2.75, 3.05) is 12.1 Å². The van der Waals surface area contributed by atoms with Gasteiger partial charge >= 0.3 is 0 Å². The van der Waals surface area contributed by atoms with E-state index in [1.807, 2.05) is 17.5 Å². The van der Waals surface area contributed by atoms with Crippen LogP contribution in [0.1, 0.15) is 20.8 Å². The van der Waals surface area contributed by atoms with E-state index < -0.39 is 0 Å². The Bertz CT molecular complexity index is 1300. The van der Waals surface area contributed by atoms with Crippen LogP contribution in [-0.4, -0.2) is 22.5 Å². The highest BCUT2D eigenvalue weighted by atomic mass is 35.5. The maximum Gasteiger partial charge on any atom is 0.266 e. The van der Waals surface area contributed by atoms with Gasteiger partial charge in [-0.05, 0) is 35.7 Å². The highest BCUT2D eigenvalue weighted by Gasteiger charge is 2.15. The van der Waals surface area contributed by atoms with Gasteiger partial charge in [-0.3, -0.25) is 9.48 Å². The third-order valence-electron chi connectivity index (χ3n) is 4.89. The van der Waals surface area contributed by atoms with E-state index in [-0.39, 0.29) is 12.7 Å². The average Bonchev–Trinajstić information content (AvgIpc) is 3.55. The molecule has 1 aliphatic rings. The molecule has 2 aromatic carbocycles. The summed E-state index contributed by atoms with van der Waals surface area (Å²) in [5.74, 6) is 2.23. The first kappa shape index (κ1) is 21.6. The lowest BCUT2D eigenvalue weighted by molar-refractivity contribution is 0.103. The van der Waals surface area contributed by atoms with Crippen LogP contribution in [0.2, 0.25) is 10.0 Å². The molecule has 10 heteroatoms. The number of nitrogens with zero attached hydrogens (tertiary/aromatic N) is 2. The van der Waals surface area contributed by atoms with Crippen molar-refractivity contribution in [3.05, 3.63) is 86.2 Å². The molecule has 3 heterocycles. The molecule has 4 aromatic rings. The number of anilines is 1. The average molecular weight is 502 g/mol. The number of hydrogen-bond donors (Lipinski definition) is 1. The van der Waals surface area contributed by atoms with Crippen LogP contribution < -0.4 is 19.5 Å². The van der Waals surface area contributed by atoms with E-state index in [2.05, 4.69) is 10.4 Å². The standard InChI is InChI=1S/C23H17Cl2N3O4S/c24-17-2-1-3-18(25)16(17)10-28-7-6-22(27-28)26-23(29)21-8-14(12-33-21)11-30-15-4-5-19-20(9-15)32-13-31-19/h1-9,12H,10-11,13H2,(H,26,27,29). The number of benzene rings is 2. The third kappa shape index (κ3) is 4.93. The van der Waals surface area contributed by atoms with Crippen LogP contribution in [0.3, 0.4) is 0 Å². The molecule has 0 bridgehead atoms. The predicted molar refractivity (Wildman–Crippen MR) is 127 cm³/mol. The van der Waals surface area contributed by atoms with Crippen molar-refractivity contribution in [3.63, 3.8) is 0 Å². The molecular weight excluding hydrogens is 485 g/mol. The second-order valence-electron chi connectivity index (χ2n) is 7.18. The first-order chi connectivity index (χ1) is 16.0. The largest absolute Gasteiger partial charge is 0.489 e. The van der Waals surface area contributed by atoms with Gasteiger partial charge in [-0.1, -0.05) is 29.3 Å². The fraction of sp³-hybridized carbons (Fsp3) is 0.130. The number of fused-ring (bicyclic) bond motifs is 1. The molecule has 7 nitrogen and oxygen atoms in total. The van der Waals surface area contributed by atoms with Gasteiger partial charge in [0.2, 0.25) is 6.79 Å². The van der Waals surface area contributed by atoms with Gasteiger partial charge in [0.1, 0.15) is 12.4 Å². The molecule has 0 fully saturated rings. The maximum absolute atomic E-state index is 12.6. The summed E-state index contributed by atoms with van der Waals surface area (Å²) in [6, 6.07) is 14.3. The number of aromatic nitrogens is 2. The van der Waals surface area contributed by atoms with E-state index in [0.29, 0.717) is 51.1 Å². The molecule has 2 aromatic heterocycles. The van der Waals surface area contributed by atoms with Crippen LogP contribution in [0, 0.1) is 0 Å². The molecule has 1 N–H and O–H groups in total. The number of amides is 1. The van der Waals surface area contributed by atoms with E-state index in [1.165, 1.54) is 11.3 Å². The Balaban J connectivity index is 1.18. The lowest BCUT2D eigenvalue weighted by atomic mass is 10.2. The van der Waals surface area contributed by atoms with Crippen LogP contribution >= 0.6 is 34.5 Å². The second-order valence-corrected chi connectivity index (χ2v) is 8.90. The van der Waals surface area contributed by atoms with Gasteiger partial charge in [0.15, 0.2) is 17.3 Å². The monoisotopic (exact) mass is 501 g/mol. The molecular formula is C23H17Cl2N3O4S. The molecule has 168 valence electrons. The zero-order valence-corrected chi connectivity index (χ0v) is 19.4. The quantitative estimate of drug-likeness (QED) is 0.343. The number of ether oxygens (including phenoxy) is 3. The van der Waals surface area contributed by atoms with E-state index in [1.54, 1.807) is 47.3 Å². The van der Waals surface area contributed by atoms with Crippen LogP contribution in [0.4, 0.5) is 5.82 Å². The van der Waals surface area contributed by atoms with Crippen molar-refractivity contribution < 1.29 is 19.0 Å². The fourth-order valence-electron chi connectivity index (χ4n) is 3.24. The van der Waals surface area contributed by atoms with Crippen molar-refractivity contribution in [2.24, 2.45) is 0 Å². The number of thiophene rings is 1. The van der Waals surface area contributed by atoms with Crippen molar-refractivity contribution >= 4 is 46.3 Å². The lowest BCUT2D eigenvalue weighted by Crippen LogP contribution is -2.11. The first-order valence-corrected chi connectivity index (χ1v) is 11.6. The SMILES string of the molecule is O=C(Nc1ccn(Cc2c(Cl)cccc2Cl)n1)c1cc(COc2ccc3c(c2)OCO3)cs1. The van der Waals surface area contributed by atoms with Crippen molar-refractivity contribution in [1.29, 1.82) is 0 Å². The van der Waals surface area contributed by atoms with Gasteiger partial charge in [0.05, 0.1) is 11.4 Å². The van der Waals surface area contributed by atoms with Crippen LogP contribution in [0.25, 0.3) is 0 Å². The van der Waals surface area contributed by atoms with Crippen molar-refractivity contribution in [2.45, 2.75) is 13.2 Å². The first-order valence-electron chi connectivity index (χ1n) is 9.93. The normalized spacial score (nSPS) is 12.1. The number of carbonyl (C=O) groups is 1. The minimum atomic E-state index is -0.240. The van der Waals surface area contributed by atoms with Gasteiger partial charge in [0, 0.05) is 39.5 Å². The number of hydrogen-bond acceptors (Lipinski definition) is 6. The molecule has 5 rings (SSSR count). The van der Waals surface area contributed by atoms with Gasteiger partial charge < -0.3 is 19.5 Å². The van der Waals surface area contributed by atoms with Gasteiger partial charge in [0.25, 0.3) is 5.91 Å². The van der Waals surface area contributed by atoms with E-state index in [9.17, 15) is 4.79 Å². The minimum absolute atomic E-state index is 0.216. The summed E-state index contributed by atoms with van der Waals surface area (Å²) in [6.45, 7) is 0.944. The van der Waals surface area contributed by atoms with E-state index in [0.717, 1.165) is 11.1 Å². The van der Waals surface area contributed by atoms with Crippen LogP contribution in [0.5, 0.6) is 17.2 Å². The Morgan fingerprint density at radius 1 is 1.12 bits per heavy atom. The highest BCUT2D eigenvalue weighted by Crippen LogP contribution is 2.35. The molecule has 33 heavy (non-hydrogen) atoms. The minimum Gasteiger partial charge on any atom is -0.489 e. The Labute approximate surface area is 203 Å². The van der Waals surface area contributed by atoms with Crippen molar-refractivity contribution in [1.82, 2.24) is 9.78 Å². The molecule has 0 radical (unpaired) electrons. The topological polar surface area (TPSA) is 74.6 Å². The molecule has 0 saturated heterocycles. The summed E-state index contributed by atoms with van der Waals surface area (Å²) < 4.78 is 18.1. The fourth-order valence-corrected chi connectivity index (χ4v) is 4.55. The lowest BCUT2D eigenvalue weighted by Gasteiger charge is -2.07. The summed E-state index contributed by atoms with van der Waals surface area (Å²) in [5.41, 5.74) is 1.66. The molecule has 0 atom stereocenters. The highest BCUT2D eigenvalue weighted by molar-refractivity contribution is 7.12. The van der Waals surface area contributed by atoms with Crippen LogP contribution in [-0.2, 0) is 13.2 Å². The molecule has 1 aliphatic heterocycles. The summed E-state index contributed by atoms with van der Waals surface area (Å²) >= 11 is 13.8. The van der Waals surface area contributed by atoms with Gasteiger partial charge in [-0.2, -0.15) is 5.10 Å². The molecule has 0 unspecified atom stereocenters. The Hall–Kier alpha value is -3.20. The maximum atomic E-state index is 12.6. The summed E-state index contributed by atoms with van der Waals surface area (Å²) in [4.78, 5) is 13.2. The number of rotatable bonds is 7. The van der Waals surface area contributed by atoms with Crippen LogP contribution in [0.15, 0.2) is 60.1 Å². The van der Waals surface area contributed by atoms with Crippen molar-refractivity contribution in [3.8, 4) is 17.2 Å². The third-order valence-corrected chi connectivity index (χ3v) is 6.58. The zero-order chi connectivity index (χ0) is 22.8. The summed E-state index contributed by atoms with van der Waals surface area (Å²) in [7, 11) is 0. The second kappa shape index (κ2) is 9.35. The zero-order valence-electron chi connectivity index (χ0n) is 17.1. The van der Waals surface area contributed by atoms with Gasteiger partial charge in [-0.15, -0.1) is 11.3 Å². The Kier molecular flexibility index (Phi) is 6.13. The summed E-state index contributed by atoms with van der Waals surface area (Å²) in [5, 5.41) is 10.2. The summed E-state index contributed by atoms with van der Waals surface area (Å²) in [6.07, 6.45) is 1.76. The van der Waals surface area contributed by atoms with E-state index in [4.69, 9.17) is 37.4 Å². The Morgan fingerprint density at radius 2 is 1.94 bits per heavy atom. The molecule has 1 amide bonds. The number of halogens is 2. The predicted octanol–water partition coefficient (Wildman–Crippen LogP) is 5.86. The smallest absolute Gasteiger partial charge is 0.266 e. The number of carbonyl (C=O) groups excluding carboxylic acids is 1. The molecule has 0 spiro atoms.